The van der Waals surface area contributed by atoms with E-state index in [1.807, 2.05) is 19.9 Å². The molecular formula is C56H92O28S. The summed E-state index contributed by atoms with van der Waals surface area (Å²) in [6.45, 7) is 12.6. The number of fused-ring (bicyclic) bond motifs is 5. The summed E-state index contributed by atoms with van der Waals surface area (Å²) in [5.41, 5.74) is -1.26. The molecule has 27 unspecified atom stereocenters. The van der Waals surface area contributed by atoms with E-state index >= 15 is 0 Å². The summed E-state index contributed by atoms with van der Waals surface area (Å²) in [7, 11) is -4.88. The fourth-order valence-corrected chi connectivity index (χ4v) is 16.3. The number of Topliss-reactive ketones (excluding diaryl/α,β-unsaturated/α-hetero) is 1. The molecule has 0 amide bonds. The molecule has 9 aliphatic rings. The largest absolute Gasteiger partial charge is 0.397 e. The molecule has 33 atom stereocenters. The summed E-state index contributed by atoms with van der Waals surface area (Å²) >= 11 is 0. The van der Waals surface area contributed by atoms with Crippen LogP contribution in [0.5, 0.6) is 0 Å². The van der Waals surface area contributed by atoms with E-state index in [2.05, 4.69) is 13.8 Å². The van der Waals surface area contributed by atoms with Crippen molar-refractivity contribution < 1.29 is 136 Å². The fraction of sp³-hybridized carbons (Fsp3) is 0.946. The number of ketones is 1. The second-order valence-electron chi connectivity index (χ2n) is 26.7. The van der Waals surface area contributed by atoms with E-state index in [4.69, 9.17) is 51.6 Å². The number of ether oxygens (including phenoxy) is 10. The highest BCUT2D eigenvalue weighted by atomic mass is 32.3. The highest BCUT2D eigenvalue weighted by Crippen LogP contribution is 2.68. The van der Waals surface area contributed by atoms with Gasteiger partial charge in [0.25, 0.3) is 0 Å². The Hall–Kier alpha value is -1.64. The van der Waals surface area contributed by atoms with Gasteiger partial charge < -0.3 is 114 Å². The van der Waals surface area contributed by atoms with Crippen molar-refractivity contribution >= 4 is 16.2 Å². The van der Waals surface area contributed by atoms with Crippen LogP contribution in [0.15, 0.2) is 11.6 Å². The molecule has 0 aromatic heterocycles. The summed E-state index contributed by atoms with van der Waals surface area (Å²) in [5.74, 6) is -0.756. The van der Waals surface area contributed by atoms with Crippen molar-refractivity contribution in [2.45, 2.75) is 278 Å². The Morgan fingerprint density at radius 3 is 1.75 bits per heavy atom. The number of hydrogen-bond acceptors (Lipinski definition) is 27. The Kier molecular flexibility index (Phi) is 20.8. The predicted octanol–water partition coefficient (Wildman–Crippen LogP) is -2.68. The van der Waals surface area contributed by atoms with E-state index in [1.54, 1.807) is 6.92 Å². The standard InChI is InChI=1S/C56H92O28S/c1-21(2)15-25(58)18-56(8,70)34-10-9-28-27-17-31(30-16-26(84-85(71,72)73)11-13-54(30,6)29(27)12-14-55(28,34)7)78-51-45(69)46(37(61)24(5)77-51)81-52-47(82-49-43(67)40(64)35(59)22(3)75-49)39(63)33(20-74-52)80-53-48(42(66)38(62)32(19-57)79-53)83-50-44(68)41(65)36(60)23(4)76-50/h17,21-24,26,28-53,57,59-70H,9-16,18-20H2,1-8H3,(H,71,72,73)/t22?,23?,24?,26-,28?,29?,30?,31-,32?,33?,34-,35?,36?,37?,38?,39?,40?,41?,42?,43?,44?,45?,46?,47?,48?,49?,50?,51?,52?,53?,54+,55-,56-/m0/s1. The first-order chi connectivity index (χ1) is 39.7. The summed E-state index contributed by atoms with van der Waals surface area (Å²) in [5, 5.41) is 145. The van der Waals surface area contributed by atoms with Gasteiger partial charge in [0.05, 0.1) is 49.3 Å². The predicted molar refractivity (Wildman–Crippen MR) is 286 cm³/mol. The van der Waals surface area contributed by atoms with Crippen molar-refractivity contribution in [3.63, 3.8) is 0 Å². The van der Waals surface area contributed by atoms with Crippen LogP contribution >= 0.6 is 0 Å². The number of allylic oxidation sites excluding steroid dienone is 1. The number of rotatable bonds is 18. The van der Waals surface area contributed by atoms with Crippen LogP contribution in [-0.4, -0.2) is 264 Å². The molecular weight excluding hydrogens is 1150 g/mol. The first-order valence-electron chi connectivity index (χ1n) is 29.9. The summed E-state index contributed by atoms with van der Waals surface area (Å²) in [4.78, 5) is 13.2. The van der Waals surface area contributed by atoms with Gasteiger partial charge in [-0.2, -0.15) is 8.42 Å². The molecule has 8 fully saturated rings. The van der Waals surface area contributed by atoms with Crippen LogP contribution in [0.2, 0.25) is 0 Å². The monoisotopic (exact) mass is 1240 g/mol. The first kappa shape index (κ1) is 67.7. The molecule has 9 rings (SSSR count). The molecule has 14 N–H and O–H groups in total. The van der Waals surface area contributed by atoms with Crippen LogP contribution in [0.1, 0.15) is 113 Å². The maximum Gasteiger partial charge on any atom is 0.397 e. The zero-order chi connectivity index (χ0) is 62.3. The number of carbonyl (C=O) groups is 1. The lowest BCUT2D eigenvalue weighted by molar-refractivity contribution is -0.398. The average Bonchev–Trinajstić information content (AvgIpc) is 1.71. The van der Waals surface area contributed by atoms with E-state index in [-0.39, 0.29) is 48.7 Å². The van der Waals surface area contributed by atoms with Crippen LogP contribution in [0.3, 0.4) is 0 Å². The molecule has 3 saturated carbocycles. The van der Waals surface area contributed by atoms with Gasteiger partial charge in [-0.3, -0.25) is 9.35 Å². The third-order valence-corrected chi connectivity index (χ3v) is 20.9. The quantitative estimate of drug-likeness (QED) is 0.0491. The van der Waals surface area contributed by atoms with Gasteiger partial charge in [-0.15, -0.1) is 0 Å². The van der Waals surface area contributed by atoms with Crippen molar-refractivity contribution in [1.29, 1.82) is 0 Å². The highest BCUT2D eigenvalue weighted by molar-refractivity contribution is 7.80. The van der Waals surface area contributed by atoms with Crippen LogP contribution in [0.4, 0.5) is 0 Å². The topological polar surface area (TPSA) is 436 Å². The average molecular weight is 1250 g/mol. The molecule has 490 valence electrons. The maximum atomic E-state index is 13.2. The molecule has 5 heterocycles. The second kappa shape index (κ2) is 26.2. The molecule has 85 heavy (non-hydrogen) atoms. The van der Waals surface area contributed by atoms with E-state index < -0.39 is 206 Å². The van der Waals surface area contributed by atoms with Gasteiger partial charge in [-0.05, 0) is 113 Å². The molecule has 5 aliphatic heterocycles. The Balaban J connectivity index is 0.994. The van der Waals surface area contributed by atoms with Gasteiger partial charge in [0.2, 0.25) is 0 Å². The minimum absolute atomic E-state index is 0.0112. The normalized spacial score (nSPS) is 51.3. The number of aliphatic hydroxyl groups is 13. The van der Waals surface area contributed by atoms with Crippen molar-refractivity contribution in [2.75, 3.05) is 13.2 Å². The van der Waals surface area contributed by atoms with Crippen LogP contribution in [-0.2, 0) is 66.7 Å². The molecule has 28 nitrogen and oxygen atoms in total. The lowest BCUT2D eigenvalue weighted by Gasteiger charge is -2.60. The highest BCUT2D eigenvalue weighted by Gasteiger charge is 2.64. The van der Waals surface area contributed by atoms with Gasteiger partial charge in [0.1, 0.15) is 103 Å². The fourth-order valence-electron chi connectivity index (χ4n) is 15.7. The van der Waals surface area contributed by atoms with E-state index in [9.17, 15) is 84.1 Å². The Bertz CT molecular complexity index is 2420. The SMILES string of the molecule is CC(C)CC(=O)C[C@](C)(O)[C@H]1CCC2C3=C[C@H](OC4OC(C)C(O)C(OC5OCC(OC6OC(CO)C(O)C(O)C6OC6OC(C)C(O)C(O)C6O)C(O)C5OC5OC(C)C(O)C(O)C5O)C4O)C4C[C@@H](OS(=O)(=O)O)CC[C@]4(C)C3CC[C@@]21C. The van der Waals surface area contributed by atoms with Crippen LogP contribution < -0.4 is 0 Å². The zero-order valence-corrected chi connectivity index (χ0v) is 50.0. The zero-order valence-electron chi connectivity index (χ0n) is 49.1. The van der Waals surface area contributed by atoms with Crippen LogP contribution in [0.25, 0.3) is 0 Å². The molecule has 0 bridgehead atoms. The van der Waals surface area contributed by atoms with E-state index in [1.165, 1.54) is 20.8 Å². The number of hydrogen-bond donors (Lipinski definition) is 14. The van der Waals surface area contributed by atoms with Gasteiger partial charge in [-0.1, -0.05) is 39.3 Å². The molecule has 4 aliphatic carbocycles. The number of carbonyl (C=O) groups excluding carboxylic acids is 1. The summed E-state index contributed by atoms with van der Waals surface area (Å²) in [6.07, 6.45) is -37.1. The van der Waals surface area contributed by atoms with Gasteiger partial charge in [0, 0.05) is 12.8 Å². The smallest absolute Gasteiger partial charge is 0.394 e. The van der Waals surface area contributed by atoms with Crippen molar-refractivity contribution in [3.8, 4) is 0 Å². The lowest BCUT2D eigenvalue weighted by Crippen LogP contribution is -2.67. The number of aliphatic hydroxyl groups excluding tert-OH is 12. The van der Waals surface area contributed by atoms with Crippen molar-refractivity contribution in [3.05, 3.63) is 11.6 Å². The summed E-state index contributed by atoms with van der Waals surface area (Å²) in [6, 6.07) is 0. The Morgan fingerprint density at radius 2 is 1.18 bits per heavy atom. The molecule has 0 aromatic carbocycles. The van der Waals surface area contributed by atoms with Crippen molar-refractivity contribution in [2.24, 2.45) is 40.4 Å². The third kappa shape index (κ3) is 13.5. The molecule has 0 radical (unpaired) electrons. The van der Waals surface area contributed by atoms with E-state index in [0.717, 1.165) is 12.0 Å². The minimum atomic E-state index is -4.88. The molecule has 0 spiro atoms. The van der Waals surface area contributed by atoms with Gasteiger partial charge >= 0.3 is 10.4 Å². The van der Waals surface area contributed by atoms with Gasteiger partial charge in [0.15, 0.2) is 31.5 Å². The Labute approximate surface area is 494 Å². The summed E-state index contributed by atoms with van der Waals surface area (Å²) < 4.78 is 100. The molecule has 0 aromatic rings. The molecule has 29 heteroatoms. The second-order valence-corrected chi connectivity index (χ2v) is 27.7. The maximum absolute atomic E-state index is 13.2. The minimum Gasteiger partial charge on any atom is -0.394 e. The third-order valence-electron chi connectivity index (χ3n) is 20.3. The van der Waals surface area contributed by atoms with Crippen molar-refractivity contribution in [1.82, 2.24) is 0 Å². The van der Waals surface area contributed by atoms with Gasteiger partial charge in [-0.25, -0.2) is 4.18 Å². The van der Waals surface area contributed by atoms with E-state index in [0.29, 0.717) is 32.1 Å². The first-order valence-corrected chi connectivity index (χ1v) is 31.3. The molecule has 5 saturated heterocycles. The van der Waals surface area contributed by atoms with Crippen LogP contribution in [0, 0.1) is 40.4 Å². The lowest BCUT2D eigenvalue weighted by atomic mass is 9.47. The Morgan fingerprint density at radius 1 is 0.635 bits per heavy atom.